The van der Waals surface area contributed by atoms with Gasteiger partial charge in [0.2, 0.25) is 0 Å². The molecule has 0 aliphatic rings. The zero-order chi connectivity index (χ0) is 71.7. The van der Waals surface area contributed by atoms with Crippen molar-refractivity contribution in [3.05, 3.63) is 0 Å². The molecule has 0 aromatic carbocycles. The van der Waals surface area contributed by atoms with Crippen LogP contribution >= 0.6 is 15.6 Å². The molecule has 3 N–H and O–H groups in total. The predicted octanol–water partition coefficient (Wildman–Crippen LogP) is 22.8. The highest BCUT2D eigenvalue weighted by atomic mass is 31.2. The number of phosphoric acid groups is 2. The fraction of sp³-hybridized carbons (Fsp3) is 0.949. The number of ether oxygens (including phenoxy) is 4. The minimum atomic E-state index is -4.96. The van der Waals surface area contributed by atoms with Crippen molar-refractivity contribution in [2.24, 2.45) is 23.7 Å². The van der Waals surface area contributed by atoms with Gasteiger partial charge in [-0.05, 0) is 49.4 Å². The number of aliphatic hydroxyl groups is 1. The molecule has 576 valence electrons. The molecule has 97 heavy (non-hydrogen) atoms. The lowest BCUT2D eigenvalue weighted by molar-refractivity contribution is -0.161. The normalized spacial score (nSPS) is 14.1. The Bertz CT molecular complexity index is 1900. The van der Waals surface area contributed by atoms with E-state index in [1.165, 1.54) is 193 Å². The van der Waals surface area contributed by atoms with Crippen LogP contribution in [-0.2, 0) is 65.4 Å². The second-order valence-corrected chi connectivity index (χ2v) is 32.9. The molecule has 0 radical (unpaired) electrons. The molecule has 3 unspecified atom stereocenters. The molecule has 0 spiro atoms. The van der Waals surface area contributed by atoms with E-state index in [1.807, 2.05) is 0 Å². The van der Waals surface area contributed by atoms with E-state index in [1.54, 1.807) is 0 Å². The fourth-order valence-electron chi connectivity index (χ4n) is 11.9. The van der Waals surface area contributed by atoms with E-state index in [0.717, 1.165) is 114 Å². The van der Waals surface area contributed by atoms with Crippen molar-refractivity contribution in [1.82, 2.24) is 0 Å². The van der Waals surface area contributed by atoms with Crippen LogP contribution < -0.4 is 0 Å². The summed E-state index contributed by atoms with van der Waals surface area (Å²) in [4.78, 5) is 72.8. The maximum atomic E-state index is 13.1. The van der Waals surface area contributed by atoms with Gasteiger partial charge >= 0.3 is 39.5 Å². The largest absolute Gasteiger partial charge is 0.472 e. The topological polar surface area (TPSA) is 237 Å². The summed E-state index contributed by atoms with van der Waals surface area (Å²) in [6.07, 6.45) is 53.0. The Morgan fingerprint density at radius 1 is 0.258 bits per heavy atom. The standard InChI is InChI=1S/C78H152O17P2/c1-68(2)54-46-38-30-24-19-15-11-9-10-12-18-22-28-34-44-52-60-77(82)95-74(65-89-76(81)59-51-43-37-36-41-49-57-71(7)8)67-93-97(86,87)91-63-72(79)62-90-96(84,85)92-66-73(94-78(83)61-53-45-35-29-23-26-32-40-48-56-70(5)6)64-88-75(80)58-50-42-33-27-21-17-14-13-16-20-25-31-39-47-55-69(3)4/h68-74,79H,9-67H2,1-8H3,(H,84,85)(H,86,87)/t72?,73-,74-/m1/s1. The third-order valence-corrected chi connectivity index (χ3v) is 20.0. The van der Waals surface area contributed by atoms with Gasteiger partial charge in [-0.15, -0.1) is 0 Å². The van der Waals surface area contributed by atoms with E-state index in [-0.39, 0.29) is 25.7 Å². The molecule has 0 fully saturated rings. The molecule has 0 saturated heterocycles. The monoisotopic (exact) mass is 1420 g/mol. The minimum absolute atomic E-state index is 0.105. The Morgan fingerprint density at radius 3 is 0.639 bits per heavy atom. The first-order valence-corrected chi connectivity index (χ1v) is 43.2. The molecule has 0 amide bonds. The second kappa shape index (κ2) is 67.2. The lowest BCUT2D eigenvalue weighted by Crippen LogP contribution is -2.30. The zero-order valence-corrected chi connectivity index (χ0v) is 65.5. The molecule has 0 saturated carbocycles. The maximum absolute atomic E-state index is 13.1. The smallest absolute Gasteiger partial charge is 0.462 e. The van der Waals surface area contributed by atoms with Crippen molar-refractivity contribution in [3.8, 4) is 0 Å². The molecule has 0 heterocycles. The van der Waals surface area contributed by atoms with E-state index >= 15 is 0 Å². The van der Waals surface area contributed by atoms with Crippen LogP contribution in [0.4, 0.5) is 0 Å². The number of phosphoric ester groups is 2. The Labute approximate surface area is 594 Å². The summed E-state index contributed by atoms with van der Waals surface area (Å²) in [5.41, 5.74) is 0. The van der Waals surface area contributed by atoms with Crippen LogP contribution in [0.5, 0.6) is 0 Å². The van der Waals surface area contributed by atoms with Gasteiger partial charge in [-0.1, -0.05) is 344 Å². The Kier molecular flexibility index (Phi) is 65.9. The molecule has 0 aliphatic carbocycles. The van der Waals surface area contributed by atoms with Gasteiger partial charge in [-0.25, -0.2) is 9.13 Å². The van der Waals surface area contributed by atoms with Crippen LogP contribution in [0.1, 0.15) is 396 Å². The third-order valence-electron chi connectivity index (χ3n) is 18.1. The van der Waals surface area contributed by atoms with E-state index in [2.05, 4.69) is 55.4 Å². The van der Waals surface area contributed by atoms with Crippen LogP contribution in [0, 0.1) is 23.7 Å². The van der Waals surface area contributed by atoms with E-state index in [0.29, 0.717) is 31.6 Å². The van der Waals surface area contributed by atoms with Gasteiger partial charge in [0, 0.05) is 25.7 Å². The van der Waals surface area contributed by atoms with E-state index in [9.17, 15) is 43.2 Å². The molecule has 0 rings (SSSR count). The first kappa shape index (κ1) is 95.1. The number of carbonyl (C=O) groups excluding carboxylic acids is 4. The van der Waals surface area contributed by atoms with Gasteiger partial charge in [-0.2, -0.15) is 0 Å². The van der Waals surface area contributed by atoms with Crippen LogP contribution in [0.2, 0.25) is 0 Å². The van der Waals surface area contributed by atoms with E-state index < -0.39 is 97.5 Å². The van der Waals surface area contributed by atoms with Crippen LogP contribution in [0.25, 0.3) is 0 Å². The lowest BCUT2D eigenvalue weighted by Gasteiger charge is -2.21. The summed E-state index contributed by atoms with van der Waals surface area (Å²) in [5, 5.41) is 10.6. The Balaban J connectivity index is 5.19. The molecule has 0 aliphatic heterocycles. The number of rotatable bonds is 75. The van der Waals surface area contributed by atoms with Crippen molar-refractivity contribution in [2.45, 2.75) is 414 Å². The minimum Gasteiger partial charge on any atom is -0.462 e. The summed E-state index contributed by atoms with van der Waals surface area (Å²) >= 11 is 0. The average Bonchev–Trinajstić information content (AvgIpc) is 1.37. The van der Waals surface area contributed by atoms with Crippen molar-refractivity contribution in [2.75, 3.05) is 39.6 Å². The van der Waals surface area contributed by atoms with Crippen molar-refractivity contribution < 1.29 is 80.2 Å². The Hall–Kier alpha value is -1.94. The Morgan fingerprint density at radius 2 is 0.433 bits per heavy atom. The average molecular weight is 1420 g/mol. The number of hydrogen-bond donors (Lipinski definition) is 3. The quantitative estimate of drug-likeness (QED) is 0.0222. The molecule has 0 aromatic heterocycles. The van der Waals surface area contributed by atoms with Gasteiger partial charge < -0.3 is 33.8 Å². The van der Waals surface area contributed by atoms with Gasteiger partial charge in [0.1, 0.15) is 19.3 Å². The molecular formula is C78H152O17P2. The molecule has 17 nitrogen and oxygen atoms in total. The summed E-state index contributed by atoms with van der Waals surface area (Å²) in [6.45, 7) is 14.2. The zero-order valence-electron chi connectivity index (χ0n) is 63.7. The van der Waals surface area contributed by atoms with Gasteiger partial charge in [-0.3, -0.25) is 37.3 Å². The number of unbranched alkanes of at least 4 members (excludes halogenated alkanes) is 41. The highest BCUT2D eigenvalue weighted by Crippen LogP contribution is 2.45. The van der Waals surface area contributed by atoms with Crippen LogP contribution in [0.3, 0.4) is 0 Å². The molecule has 0 aromatic rings. The van der Waals surface area contributed by atoms with Gasteiger partial charge in [0.15, 0.2) is 12.2 Å². The first-order valence-electron chi connectivity index (χ1n) is 40.2. The predicted molar refractivity (Wildman–Crippen MR) is 395 cm³/mol. The molecule has 0 bridgehead atoms. The van der Waals surface area contributed by atoms with Crippen molar-refractivity contribution in [3.63, 3.8) is 0 Å². The highest BCUT2D eigenvalue weighted by molar-refractivity contribution is 7.47. The van der Waals surface area contributed by atoms with Crippen LogP contribution in [-0.4, -0.2) is 96.7 Å². The fourth-order valence-corrected chi connectivity index (χ4v) is 13.5. The maximum Gasteiger partial charge on any atom is 0.472 e. The van der Waals surface area contributed by atoms with Crippen molar-refractivity contribution >= 4 is 39.5 Å². The third kappa shape index (κ3) is 72.2. The SMILES string of the molecule is CC(C)CCCCCCCCCCCCCCCCCCC(=O)O[C@H](COC(=O)CCCCCCCCC(C)C)COP(=O)(O)OCC(O)COP(=O)(O)OC[C@@H](COC(=O)CCCCCCCCCCCCCCCCC(C)C)OC(=O)CCCCCCCCCCCC(C)C. The molecule has 5 atom stereocenters. The first-order chi connectivity index (χ1) is 46.6. The second-order valence-electron chi connectivity index (χ2n) is 30.0. The summed E-state index contributed by atoms with van der Waals surface area (Å²) < 4.78 is 68.5. The number of esters is 4. The summed E-state index contributed by atoms with van der Waals surface area (Å²) in [7, 11) is -9.91. The van der Waals surface area contributed by atoms with Gasteiger partial charge in [0.25, 0.3) is 0 Å². The van der Waals surface area contributed by atoms with Gasteiger partial charge in [0.05, 0.1) is 26.4 Å². The molecular weight excluding hydrogens is 1270 g/mol. The van der Waals surface area contributed by atoms with Crippen molar-refractivity contribution in [1.29, 1.82) is 0 Å². The number of aliphatic hydroxyl groups excluding tert-OH is 1. The summed E-state index contributed by atoms with van der Waals surface area (Å²) in [6, 6.07) is 0. The lowest BCUT2D eigenvalue weighted by atomic mass is 10.0. The highest BCUT2D eigenvalue weighted by Gasteiger charge is 2.30. The number of carbonyl (C=O) groups is 4. The molecule has 19 heteroatoms. The van der Waals surface area contributed by atoms with E-state index in [4.69, 9.17) is 37.0 Å². The van der Waals surface area contributed by atoms with Crippen LogP contribution in [0.15, 0.2) is 0 Å². The number of hydrogen-bond acceptors (Lipinski definition) is 15. The summed E-state index contributed by atoms with van der Waals surface area (Å²) in [5.74, 6) is 0.904.